The van der Waals surface area contributed by atoms with Crippen LogP contribution in [-0.4, -0.2) is 32.9 Å². The summed E-state index contributed by atoms with van der Waals surface area (Å²) in [5.41, 5.74) is 0. The van der Waals surface area contributed by atoms with Crippen LogP contribution < -0.4 is 0 Å². The van der Waals surface area contributed by atoms with Gasteiger partial charge in [0.15, 0.2) is 14.1 Å². The van der Waals surface area contributed by atoms with Crippen LogP contribution in [0.3, 0.4) is 0 Å². The summed E-state index contributed by atoms with van der Waals surface area (Å²) in [6.45, 7) is 17.0. The van der Waals surface area contributed by atoms with Crippen LogP contribution in [-0.2, 0) is 14.0 Å². The molecule has 4 heteroatoms. The van der Waals surface area contributed by atoms with Crippen LogP contribution in [0.15, 0.2) is 0 Å². The minimum Gasteiger partial charge on any atom is -0.417 e. The second-order valence-corrected chi connectivity index (χ2v) is 14.8. The molecule has 0 aromatic carbocycles. The van der Waals surface area contributed by atoms with Gasteiger partial charge in [0.25, 0.3) is 0 Å². The number of carbonyl (C=O) groups excluding carboxylic acids is 1. The van der Waals surface area contributed by atoms with Crippen LogP contribution in [0.4, 0.5) is 0 Å². The molecule has 0 amide bonds. The standard InChI is InChI=1S/C24H48O3Si/c1-8-9-10-11-15-21-16-14-17-22(25)23(27-21)18-12-13-19-26-28(6,7)24(4,5)20(2)3/h20-21,23H,8-19H2,1-7H3/t21-,23+/m0/s1. The van der Waals surface area contributed by atoms with Crippen LogP contribution >= 0.6 is 0 Å². The maximum absolute atomic E-state index is 12.4. The predicted molar refractivity (Wildman–Crippen MR) is 122 cm³/mol. The van der Waals surface area contributed by atoms with Crippen molar-refractivity contribution in [3.05, 3.63) is 0 Å². The van der Waals surface area contributed by atoms with E-state index in [2.05, 4.69) is 47.7 Å². The smallest absolute Gasteiger partial charge is 0.192 e. The Hall–Kier alpha value is -0.193. The fourth-order valence-corrected chi connectivity index (χ4v) is 6.34. The fraction of sp³-hybridized carbons (Fsp3) is 0.958. The van der Waals surface area contributed by atoms with Crippen molar-refractivity contribution >= 4 is 14.1 Å². The van der Waals surface area contributed by atoms with Crippen molar-refractivity contribution < 1.29 is 14.0 Å². The van der Waals surface area contributed by atoms with E-state index in [4.69, 9.17) is 9.16 Å². The van der Waals surface area contributed by atoms with Gasteiger partial charge in [-0.1, -0.05) is 60.3 Å². The van der Waals surface area contributed by atoms with Gasteiger partial charge in [0.1, 0.15) is 6.10 Å². The molecule has 0 aromatic heterocycles. The van der Waals surface area contributed by atoms with Crippen molar-refractivity contribution in [3.63, 3.8) is 0 Å². The summed E-state index contributed by atoms with van der Waals surface area (Å²) in [5.74, 6) is 0.952. The van der Waals surface area contributed by atoms with Crippen molar-refractivity contribution in [1.82, 2.24) is 0 Å². The molecular formula is C24H48O3Si. The molecule has 0 unspecified atom stereocenters. The lowest BCUT2D eigenvalue weighted by atomic mass is 9.99. The molecule has 1 saturated heterocycles. The van der Waals surface area contributed by atoms with Gasteiger partial charge in [-0.15, -0.1) is 0 Å². The molecule has 0 aromatic rings. The largest absolute Gasteiger partial charge is 0.417 e. The molecule has 0 N–H and O–H groups in total. The van der Waals surface area contributed by atoms with Gasteiger partial charge in [0.05, 0.1) is 6.10 Å². The Morgan fingerprint density at radius 1 is 1.11 bits per heavy atom. The van der Waals surface area contributed by atoms with Gasteiger partial charge in [0.2, 0.25) is 0 Å². The van der Waals surface area contributed by atoms with Crippen LogP contribution in [0.5, 0.6) is 0 Å². The molecule has 28 heavy (non-hydrogen) atoms. The summed E-state index contributed by atoms with van der Waals surface area (Å²) in [5, 5.41) is 0.262. The Labute approximate surface area is 176 Å². The number of ketones is 1. The molecule has 1 aliphatic rings. The first-order chi connectivity index (χ1) is 13.1. The Morgan fingerprint density at radius 2 is 1.79 bits per heavy atom. The topological polar surface area (TPSA) is 35.5 Å². The van der Waals surface area contributed by atoms with Crippen LogP contribution in [0.2, 0.25) is 18.1 Å². The van der Waals surface area contributed by atoms with E-state index >= 15 is 0 Å². The maximum atomic E-state index is 12.4. The summed E-state index contributed by atoms with van der Waals surface area (Å²) >= 11 is 0. The minimum absolute atomic E-state index is 0.170. The fourth-order valence-electron chi connectivity index (χ4n) is 3.92. The van der Waals surface area contributed by atoms with Gasteiger partial charge in [-0.05, 0) is 62.6 Å². The number of rotatable bonds is 13. The third-order valence-corrected chi connectivity index (χ3v) is 12.0. The van der Waals surface area contributed by atoms with Crippen LogP contribution in [0, 0.1) is 5.92 Å². The van der Waals surface area contributed by atoms with Crippen LogP contribution in [0.25, 0.3) is 0 Å². The molecule has 166 valence electrons. The first kappa shape index (κ1) is 25.8. The third kappa shape index (κ3) is 8.28. The molecule has 1 fully saturated rings. The van der Waals surface area contributed by atoms with Crippen molar-refractivity contribution in [2.45, 2.75) is 136 Å². The van der Waals surface area contributed by atoms with E-state index in [1.165, 1.54) is 25.7 Å². The van der Waals surface area contributed by atoms with E-state index in [1.807, 2.05) is 0 Å². The van der Waals surface area contributed by atoms with Crippen molar-refractivity contribution in [2.75, 3.05) is 6.61 Å². The first-order valence-electron chi connectivity index (χ1n) is 11.9. The molecule has 0 bridgehead atoms. The van der Waals surface area contributed by atoms with E-state index < -0.39 is 8.32 Å². The van der Waals surface area contributed by atoms with Crippen molar-refractivity contribution in [3.8, 4) is 0 Å². The highest BCUT2D eigenvalue weighted by Gasteiger charge is 2.43. The number of hydrogen-bond acceptors (Lipinski definition) is 3. The van der Waals surface area contributed by atoms with Crippen molar-refractivity contribution in [2.24, 2.45) is 5.92 Å². The van der Waals surface area contributed by atoms with Crippen LogP contribution in [0.1, 0.15) is 105 Å². The average molecular weight is 413 g/mol. The second-order valence-electron chi connectivity index (χ2n) is 10.2. The monoisotopic (exact) mass is 412 g/mol. The Bertz CT molecular complexity index is 445. The lowest BCUT2D eigenvalue weighted by Gasteiger charge is -2.42. The highest BCUT2D eigenvalue weighted by Crippen LogP contribution is 2.44. The number of unbranched alkanes of at least 4 members (excludes halogenated alkanes) is 4. The van der Waals surface area contributed by atoms with Gasteiger partial charge in [-0.3, -0.25) is 4.79 Å². The zero-order valence-electron chi connectivity index (χ0n) is 19.9. The quantitative estimate of drug-likeness (QED) is 0.235. The highest BCUT2D eigenvalue weighted by atomic mass is 28.4. The Morgan fingerprint density at radius 3 is 2.43 bits per heavy atom. The van der Waals surface area contributed by atoms with E-state index in [1.54, 1.807) is 0 Å². The van der Waals surface area contributed by atoms with Gasteiger partial charge in [-0.25, -0.2) is 0 Å². The normalized spacial score (nSPS) is 21.9. The molecule has 0 radical (unpaired) electrons. The second kappa shape index (κ2) is 12.5. The molecule has 2 atom stereocenters. The SMILES string of the molecule is CCCCCC[C@H]1CCCC(=O)[C@@H](CCCCO[Si](C)(C)C(C)(C)C(C)C)O1. The molecule has 1 aliphatic heterocycles. The molecule has 3 nitrogen and oxygen atoms in total. The number of carbonyl (C=O) groups is 1. The molecule has 1 heterocycles. The third-order valence-electron chi connectivity index (χ3n) is 7.36. The number of ether oxygens (including phenoxy) is 1. The summed E-state index contributed by atoms with van der Waals surface area (Å²) < 4.78 is 12.7. The number of Topliss-reactive ketones (excluding diaryl/α,β-unsaturated/α-hetero) is 1. The highest BCUT2D eigenvalue weighted by molar-refractivity contribution is 6.74. The maximum Gasteiger partial charge on any atom is 0.192 e. The molecular weight excluding hydrogens is 364 g/mol. The average Bonchev–Trinajstić information content (AvgIpc) is 2.79. The van der Waals surface area contributed by atoms with Gasteiger partial charge in [-0.2, -0.15) is 0 Å². The Kier molecular flexibility index (Phi) is 11.5. The zero-order chi connectivity index (χ0) is 21.2. The Balaban J connectivity index is 2.36. The lowest BCUT2D eigenvalue weighted by Crippen LogP contribution is -2.45. The van der Waals surface area contributed by atoms with Gasteiger partial charge < -0.3 is 9.16 Å². The summed E-state index contributed by atoms with van der Waals surface area (Å²) in [6.07, 6.45) is 12.0. The van der Waals surface area contributed by atoms with E-state index in [0.717, 1.165) is 45.1 Å². The van der Waals surface area contributed by atoms with Gasteiger partial charge >= 0.3 is 0 Å². The molecule has 0 saturated carbocycles. The molecule has 0 aliphatic carbocycles. The van der Waals surface area contributed by atoms with Crippen molar-refractivity contribution in [1.29, 1.82) is 0 Å². The first-order valence-corrected chi connectivity index (χ1v) is 14.8. The minimum atomic E-state index is -1.74. The molecule has 1 rings (SSSR count). The molecule has 0 spiro atoms. The zero-order valence-corrected chi connectivity index (χ0v) is 20.9. The van der Waals surface area contributed by atoms with E-state index in [0.29, 0.717) is 24.2 Å². The predicted octanol–water partition coefficient (Wildman–Crippen LogP) is 7.29. The summed E-state index contributed by atoms with van der Waals surface area (Å²) in [7, 11) is -1.74. The van der Waals surface area contributed by atoms with E-state index in [9.17, 15) is 4.79 Å². The van der Waals surface area contributed by atoms with Gasteiger partial charge in [0, 0.05) is 13.0 Å². The summed E-state index contributed by atoms with van der Waals surface area (Å²) in [4.78, 5) is 12.4. The summed E-state index contributed by atoms with van der Waals surface area (Å²) in [6, 6.07) is 0. The lowest BCUT2D eigenvalue weighted by molar-refractivity contribution is -0.132. The number of hydrogen-bond donors (Lipinski definition) is 0. The van der Waals surface area contributed by atoms with E-state index in [-0.39, 0.29) is 11.1 Å².